The molecule has 8 aromatic carbocycles. The minimum absolute atomic E-state index is 0. The fourth-order valence-corrected chi connectivity index (χ4v) is 12.2. The topological polar surface area (TPSA) is 96.9 Å². The van der Waals surface area contributed by atoms with Gasteiger partial charge >= 0.3 is 21.1 Å². The summed E-state index contributed by atoms with van der Waals surface area (Å²) in [5.74, 6) is 3.05. The number of hydrogen-bond acceptors (Lipinski definition) is 7. The van der Waals surface area contributed by atoms with Crippen LogP contribution in [0.4, 0.5) is 0 Å². The number of pyridine rings is 2. The largest absolute Gasteiger partial charge is 2.00 e. The molecule has 0 fully saturated rings. The average molecular weight is 1280 g/mol. The van der Waals surface area contributed by atoms with E-state index in [1.165, 1.54) is 44.5 Å². The van der Waals surface area contributed by atoms with Crippen LogP contribution in [0, 0.1) is 26.0 Å². The molecule has 14 rings (SSSR count). The summed E-state index contributed by atoms with van der Waals surface area (Å²) in [5, 5.41) is 2.36. The van der Waals surface area contributed by atoms with Crippen LogP contribution in [0.5, 0.6) is 11.5 Å². The molecule has 0 radical (unpaired) electrons. The van der Waals surface area contributed by atoms with Crippen molar-refractivity contribution in [2.45, 2.75) is 92.9 Å². The van der Waals surface area contributed by atoms with Crippen LogP contribution in [-0.2, 0) is 21.1 Å². The third kappa shape index (κ3) is 9.12. The van der Waals surface area contributed by atoms with Crippen LogP contribution >= 0.6 is 0 Å². The SMILES string of the molecule is Cc1ccc2oc3c(C)nc4oc5c(-c6nc7ccccc7n6-c6c(C(C)C)cc(-c7ccccc7)cc6C(C)C)[c-]c(Oc6[c-]c(-c7nc8ccccc8n7-c7c(C(C)C)cc(-c8ccccc8)cc7C(C)C)ccc6)cc5c4c3c2n1.[Pt+2]. The first kappa shape index (κ1) is 54.3. The number of rotatable bonds is 12. The van der Waals surface area contributed by atoms with Crippen molar-refractivity contribution in [3.05, 3.63) is 216 Å². The van der Waals surface area contributed by atoms with Gasteiger partial charge in [-0.15, -0.1) is 23.8 Å². The van der Waals surface area contributed by atoms with Crippen molar-refractivity contribution in [2.75, 3.05) is 0 Å². The molecule has 84 heavy (non-hydrogen) atoms. The summed E-state index contributed by atoms with van der Waals surface area (Å²) >= 11 is 0. The van der Waals surface area contributed by atoms with Gasteiger partial charge in [-0.1, -0.05) is 164 Å². The summed E-state index contributed by atoms with van der Waals surface area (Å²) in [6.07, 6.45) is 0. The monoisotopic (exact) mass is 1280 g/mol. The molecular formula is C74H62N6O3Pt. The number of fused-ring (bicyclic) bond motifs is 9. The van der Waals surface area contributed by atoms with Gasteiger partial charge in [0.1, 0.15) is 5.52 Å². The van der Waals surface area contributed by atoms with E-state index < -0.39 is 0 Å². The molecule has 0 unspecified atom stereocenters. The van der Waals surface area contributed by atoms with Crippen molar-refractivity contribution >= 4 is 66.2 Å². The predicted octanol–water partition coefficient (Wildman–Crippen LogP) is 20.1. The summed E-state index contributed by atoms with van der Waals surface area (Å²) in [6, 6.07) is 67.0. The molecule has 9 nitrogen and oxygen atoms in total. The van der Waals surface area contributed by atoms with Crippen LogP contribution < -0.4 is 4.74 Å². The maximum atomic E-state index is 7.18. The number of aryl methyl sites for hydroxylation is 2. The van der Waals surface area contributed by atoms with Gasteiger partial charge in [-0.2, -0.15) is 0 Å². The first-order valence-electron chi connectivity index (χ1n) is 28.9. The number of aromatic nitrogens is 6. The second kappa shape index (κ2) is 21.4. The van der Waals surface area contributed by atoms with Gasteiger partial charge in [-0.3, -0.25) is 9.97 Å². The van der Waals surface area contributed by atoms with Crippen LogP contribution in [0.3, 0.4) is 0 Å². The Hall–Kier alpha value is -8.91. The van der Waals surface area contributed by atoms with Crippen LogP contribution in [0.15, 0.2) is 179 Å². The maximum Gasteiger partial charge on any atom is 2.00 e. The molecule has 0 aliphatic carbocycles. The van der Waals surface area contributed by atoms with Gasteiger partial charge in [0.05, 0.1) is 50.4 Å². The van der Waals surface area contributed by atoms with Crippen LogP contribution in [-0.4, -0.2) is 29.1 Å². The third-order valence-electron chi connectivity index (χ3n) is 16.3. The molecular weight excluding hydrogens is 1220 g/mol. The summed E-state index contributed by atoms with van der Waals surface area (Å²) in [6.45, 7) is 22.1. The molecule has 0 aliphatic heterocycles. The Bertz CT molecular complexity index is 4810. The van der Waals surface area contributed by atoms with Gasteiger partial charge in [0.25, 0.3) is 0 Å². The number of benzene rings is 8. The number of imidazole rings is 2. The van der Waals surface area contributed by atoms with Gasteiger partial charge in [-0.05, 0) is 148 Å². The van der Waals surface area contributed by atoms with Gasteiger partial charge in [0.2, 0.25) is 5.71 Å². The van der Waals surface area contributed by atoms with Gasteiger partial charge in [0, 0.05) is 34.0 Å². The number of hydrogen-bond donors (Lipinski definition) is 0. The Morgan fingerprint density at radius 2 is 0.976 bits per heavy atom. The Kier molecular flexibility index (Phi) is 13.8. The van der Waals surface area contributed by atoms with E-state index in [4.69, 9.17) is 33.5 Å². The van der Waals surface area contributed by atoms with Crippen molar-refractivity contribution in [3.63, 3.8) is 0 Å². The average Bonchev–Trinajstić information content (AvgIpc) is 4.42. The molecule has 0 amide bonds. The molecule has 6 heterocycles. The molecule has 10 heteroatoms. The van der Waals surface area contributed by atoms with Crippen molar-refractivity contribution in [3.8, 4) is 67.9 Å². The van der Waals surface area contributed by atoms with E-state index in [-0.39, 0.29) is 44.7 Å². The van der Waals surface area contributed by atoms with E-state index in [9.17, 15) is 0 Å². The van der Waals surface area contributed by atoms with Crippen molar-refractivity contribution in [2.24, 2.45) is 0 Å². The minimum atomic E-state index is 0. The second-order valence-electron chi connectivity index (χ2n) is 23.2. The maximum absolute atomic E-state index is 7.18. The third-order valence-corrected chi connectivity index (χ3v) is 16.3. The Morgan fingerprint density at radius 1 is 0.452 bits per heavy atom. The molecule has 0 N–H and O–H groups in total. The molecule has 0 spiro atoms. The van der Waals surface area contributed by atoms with E-state index in [1.54, 1.807) is 0 Å². The van der Waals surface area contributed by atoms with Crippen molar-refractivity contribution < 1.29 is 34.6 Å². The molecule has 0 saturated carbocycles. The molecule has 0 saturated heterocycles. The fraction of sp³-hybridized carbons (Fsp3) is 0.189. The quantitative estimate of drug-likeness (QED) is 0.112. The predicted molar refractivity (Wildman–Crippen MR) is 338 cm³/mol. The summed E-state index contributed by atoms with van der Waals surface area (Å²) in [7, 11) is 0. The molecule has 14 aromatic rings. The standard InChI is InChI=1S/C74H62N6O3.Pt/c1-41(2)54-35-50(47-22-13-11-14-23-47)36-55(42(3)4)68(54)79-62-30-19-17-28-60(62)77-72(79)49-26-21-27-52(34-49)81-53-39-58-65-66-67-64(33-32-45(9)75-67)82-70(66)46(10)76-74(65)83-71(58)59(40-53)73-78-61-29-18-20-31-63(61)80(73)69-56(43(5)6)37-51(38-57(69)44(7)8)48-24-15-12-16-25-48;/h11-33,35-39,41-44H,1-10H3;/q-2;+2. The first-order chi connectivity index (χ1) is 40.3. The number of nitrogens with zero attached hydrogens (tertiary/aromatic N) is 6. The summed E-state index contributed by atoms with van der Waals surface area (Å²) in [5.41, 5.74) is 21.6. The Labute approximate surface area is 503 Å². The van der Waals surface area contributed by atoms with Crippen LogP contribution in [0.1, 0.15) is 113 Å². The van der Waals surface area contributed by atoms with E-state index in [2.05, 4.69) is 210 Å². The molecule has 0 bridgehead atoms. The van der Waals surface area contributed by atoms with E-state index >= 15 is 0 Å². The Balaban J connectivity index is 0.00000658. The van der Waals surface area contributed by atoms with Crippen LogP contribution in [0.2, 0.25) is 0 Å². The van der Waals surface area contributed by atoms with E-state index in [0.29, 0.717) is 51.0 Å². The van der Waals surface area contributed by atoms with Gasteiger partial charge < -0.3 is 22.7 Å². The van der Waals surface area contributed by atoms with E-state index in [0.717, 1.165) is 72.2 Å². The molecule has 6 aromatic heterocycles. The normalized spacial score (nSPS) is 12.0. The summed E-state index contributed by atoms with van der Waals surface area (Å²) < 4.78 is 25.5. The zero-order chi connectivity index (χ0) is 56.9. The number of para-hydroxylation sites is 4. The molecule has 416 valence electrons. The van der Waals surface area contributed by atoms with Crippen molar-refractivity contribution in [1.29, 1.82) is 0 Å². The van der Waals surface area contributed by atoms with E-state index in [1.807, 2.05) is 50.2 Å². The van der Waals surface area contributed by atoms with Crippen LogP contribution in [0.25, 0.3) is 123 Å². The summed E-state index contributed by atoms with van der Waals surface area (Å²) in [4.78, 5) is 21.2. The second-order valence-corrected chi connectivity index (χ2v) is 23.2. The minimum Gasteiger partial charge on any atom is -0.497 e. The fourth-order valence-electron chi connectivity index (χ4n) is 12.2. The first-order valence-corrected chi connectivity index (χ1v) is 28.9. The van der Waals surface area contributed by atoms with Gasteiger partial charge in [0.15, 0.2) is 11.2 Å². The number of ether oxygens (including phenoxy) is 1. The Morgan fingerprint density at radius 3 is 1.54 bits per heavy atom. The molecule has 0 aliphatic rings. The smallest absolute Gasteiger partial charge is 0.497 e. The van der Waals surface area contributed by atoms with Gasteiger partial charge in [-0.25, -0.2) is 9.97 Å². The zero-order valence-corrected chi connectivity index (χ0v) is 51.0. The zero-order valence-electron chi connectivity index (χ0n) is 48.7. The number of furan rings is 2. The van der Waals surface area contributed by atoms with Crippen molar-refractivity contribution in [1.82, 2.24) is 29.1 Å². The molecule has 0 atom stereocenters.